The number of aliphatic hydroxyl groups excluding tert-OH is 1. The highest BCUT2D eigenvalue weighted by atomic mass is 16.5. The summed E-state index contributed by atoms with van der Waals surface area (Å²) in [4.78, 5) is 30.5. The number of ether oxygens (including phenoxy) is 1. The van der Waals surface area contributed by atoms with Crippen LogP contribution in [0.5, 0.6) is 5.75 Å². The Balaban J connectivity index is 1.85. The number of fused-ring (bicyclic) bond motifs is 1. The molecule has 3 rings (SSSR count). The lowest BCUT2D eigenvalue weighted by Gasteiger charge is -2.06. The Kier molecular flexibility index (Phi) is 5.90. The molecule has 0 aliphatic carbocycles. The molecule has 0 fully saturated rings. The van der Waals surface area contributed by atoms with E-state index in [0.29, 0.717) is 6.61 Å². The average molecular weight is 386 g/mol. The maximum Gasteiger partial charge on any atom is 0.329 e. The lowest BCUT2D eigenvalue weighted by Crippen LogP contribution is -2.29. The number of nitrogens with zero attached hydrogens (tertiary/aromatic N) is 4. The van der Waals surface area contributed by atoms with E-state index in [4.69, 9.17) is 4.74 Å². The first-order valence-electron chi connectivity index (χ1n) is 8.87. The van der Waals surface area contributed by atoms with Crippen molar-refractivity contribution >= 4 is 23.3 Å². The minimum atomic E-state index is -0.571. The highest BCUT2D eigenvalue weighted by Gasteiger charge is 2.16. The Hall–Kier alpha value is -3.40. The number of rotatable bonds is 8. The number of anilines is 1. The first-order valence-corrected chi connectivity index (χ1v) is 8.87. The fourth-order valence-corrected chi connectivity index (χ4v) is 2.67. The molecule has 0 aliphatic heterocycles. The Morgan fingerprint density at radius 2 is 2.07 bits per heavy atom. The van der Waals surface area contributed by atoms with Gasteiger partial charge in [0.1, 0.15) is 5.75 Å². The molecular weight excluding hydrogens is 364 g/mol. The van der Waals surface area contributed by atoms with Crippen LogP contribution in [0.1, 0.15) is 18.9 Å². The van der Waals surface area contributed by atoms with Gasteiger partial charge in [-0.3, -0.25) is 14.3 Å². The molecule has 0 amide bonds. The fourth-order valence-electron chi connectivity index (χ4n) is 2.67. The Labute approximate surface area is 160 Å². The van der Waals surface area contributed by atoms with Gasteiger partial charge in [0.25, 0.3) is 5.56 Å². The maximum atomic E-state index is 12.2. The SMILES string of the molecule is CCCOc1ccc(C=NNc2nc3c(c(=O)[nH]c(=O)n3C)n2CCO)cc1. The van der Waals surface area contributed by atoms with Gasteiger partial charge in [-0.2, -0.15) is 10.1 Å². The largest absolute Gasteiger partial charge is 0.494 e. The van der Waals surface area contributed by atoms with Crippen molar-refractivity contribution in [3.63, 3.8) is 0 Å². The van der Waals surface area contributed by atoms with E-state index < -0.39 is 11.2 Å². The van der Waals surface area contributed by atoms with Crippen LogP contribution in [0.3, 0.4) is 0 Å². The Morgan fingerprint density at radius 3 is 2.75 bits per heavy atom. The van der Waals surface area contributed by atoms with Gasteiger partial charge in [0.15, 0.2) is 11.2 Å². The van der Waals surface area contributed by atoms with Crippen molar-refractivity contribution in [1.29, 1.82) is 0 Å². The number of H-pyrrole nitrogens is 1. The van der Waals surface area contributed by atoms with Crippen molar-refractivity contribution < 1.29 is 9.84 Å². The van der Waals surface area contributed by atoms with Crippen LogP contribution in [-0.4, -0.2) is 43.6 Å². The quantitative estimate of drug-likeness (QED) is 0.385. The summed E-state index contributed by atoms with van der Waals surface area (Å²) in [5, 5.41) is 13.5. The van der Waals surface area contributed by atoms with Crippen molar-refractivity contribution in [3.8, 4) is 5.75 Å². The number of hydrogen-bond donors (Lipinski definition) is 3. The van der Waals surface area contributed by atoms with Gasteiger partial charge in [0, 0.05) is 13.6 Å². The number of hydrazone groups is 1. The molecule has 2 heterocycles. The van der Waals surface area contributed by atoms with Crippen LogP contribution in [-0.2, 0) is 13.6 Å². The Bertz CT molecular complexity index is 1090. The molecule has 28 heavy (non-hydrogen) atoms. The van der Waals surface area contributed by atoms with Crippen LogP contribution in [0.2, 0.25) is 0 Å². The zero-order valence-corrected chi connectivity index (χ0v) is 15.7. The predicted octanol–water partition coefficient (Wildman–Crippen LogP) is 0.650. The van der Waals surface area contributed by atoms with Crippen LogP contribution in [0, 0.1) is 0 Å². The fraction of sp³-hybridized carbons (Fsp3) is 0.333. The molecule has 0 spiro atoms. The summed E-state index contributed by atoms with van der Waals surface area (Å²) >= 11 is 0. The van der Waals surface area contributed by atoms with E-state index in [1.165, 1.54) is 16.2 Å². The molecular formula is C18H22N6O4. The molecule has 0 aliphatic rings. The molecule has 0 unspecified atom stereocenters. The van der Waals surface area contributed by atoms with Gasteiger partial charge in [-0.1, -0.05) is 6.92 Å². The van der Waals surface area contributed by atoms with Gasteiger partial charge in [-0.05, 0) is 36.2 Å². The molecule has 0 bridgehead atoms. The number of aliphatic hydroxyl groups is 1. The Morgan fingerprint density at radius 1 is 1.32 bits per heavy atom. The summed E-state index contributed by atoms with van der Waals surface area (Å²) in [5.41, 5.74) is 2.87. The van der Waals surface area contributed by atoms with Crippen LogP contribution >= 0.6 is 0 Å². The third-order valence-corrected chi connectivity index (χ3v) is 4.06. The standard InChI is InChI=1S/C18H22N6O4/c1-3-10-28-13-6-4-12(5-7-13)11-19-22-17-20-15-14(24(17)8-9-25)16(26)21-18(27)23(15)2/h4-7,11,25H,3,8-10H2,1-2H3,(H,20,22)(H,21,26,27). The van der Waals surface area contributed by atoms with E-state index >= 15 is 0 Å². The molecule has 3 N–H and O–H groups in total. The van der Waals surface area contributed by atoms with Crippen molar-refractivity contribution in [2.75, 3.05) is 18.6 Å². The third-order valence-electron chi connectivity index (χ3n) is 4.06. The van der Waals surface area contributed by atoms with E-state index in [-0.39, 0.29) is 30.3 Å². The number of hydrogen-bond acceptors (Lipinski definition) is 7. The molecule has 0 saturated carbocycles. The van der Waals surface area contributed by atoms with E-state index in [2.05, 4.69) is 20.5 Å². The molecule has 0 saturated heterocycles. The highest BCUT2D eigenvalue weighted by Crippen LogP contribution is 2.15. The second-order valence-electron chi connectivity index (χ2n) is 6.09. The summed E-state index contributed by atoms with van der Waals surface area (Å²) < 4.78 is 8.24. The molecule has 0 atom stereocenters. The zero-order valence-electron chi connectivity index (χ0n) is 15.7. The summed E-state index contributed by atoms with van der Waals surface area (Å²) in [6.45, 7) is 2.63. The van der Waals surface area contributed by atoms with Crippen molar-refractivity contribution in [2.24, 2.45) is 12.1 Å². The van der Waals surface area contributed by atoms with E-state index in [0.717, 1.165) is 17.7 Å². The maximum absolute atomic E-state index is 12.2. The highest BCUT2D eigenvalue weighted by molar-refractivity contribution is 5.80. The van der Waals surface area contributed by atoms with Crippen LogP contribution in [0.25, 0.3) is 11.2 Å². The van der Waals surface area contributed by atoms with E-state index in [1.54, 1.807) is 6.21 Å². The van der Waals surface area contributed by atoms with Crippen molar-refractivity contribution in [2.45, 2.75) is 19.9 Å². The summed E-state index contributed by atoms with van der Waals surface area (Å²) in [5.74, 6) is 1.03. The number of benzene rings is 1. The van der Waals surface area contributed by atoms with Gasteiger partial charge < -0.3 is 14.4 Å². The second kappa shape index (κ2) is 8.53. The van der Waals surface area contributed by atoms with E-state index in [9.17, 15) is 14.7 Å². The van der Waals surface area contributed by atoms with Crippen LogP contribution in [0.15, 0.2) is 39.0 Å². The molecule has 3 aromatic rings. The second-order valence-corrected chi connectivity index (χ2v) is 6.09. The summed E-state index contributed by atoms with van der Waals surface area (Å²) in [6.07, 6.45) is 2.53. The molecule has 10 heteroatoms. The first-order chi connectivity index (χ1) is 13.5. The topological polar surface area (TPSA) is 127 Å². The average Bonchev–Trinajstić information content (AvgIpc) is 3.05. The van der Waals surface area contributed by atoms with Gasteiger partial charge in [0.05, 0.1) is 19.4 Å². The molecule has 2 aromatic heterocycles. The number of imidazole rings is 1. The molecule has 0 radical (unpaired) electrons. The number of aryl methyl sites for hydroxylation is 1. The van der Waals surface area contributed by atoms with Crippen LogP contribution < -0.4 is 21.4 Å². The summed E-state index contributed by atoms with van der Waals surface area (Å²) in [7, 11) is 1.51. The van der Waals surface area contributed by atoms with Gasteiger partial charge >= 0.3 is 5.69 Å². The van der Waals surface area contributed by atoms with E-state index in [1.807, 2.05) is 31.2 Å². The minimum absolute atomic E-state index is 0.124. The van der Waals surface area contributed by atoms with Gasteiger partial charge in [-0.25, -0.2) is 10.2 Å². The first kappa shape index (κ1) is 19.4. The normalized spacial score (nSPS) is 11.4. The molecule has 148 valence electrons. The van der Waals surface area contributed by atoms with Gasteiger partial charge in [0.2, 0.25) is 5.95 Å². The monoisotopic (exact) mass is 386 g/mol. The minimum Gasteiger partial charge on any atom is -0.494 e. The number of aromatic amines is 1. The van der Waals surface area contributed by atoms with Crippen molar-refractivity contribution in [1.82, 2.24) is 19.1 Å². The summed E-state index contributed by atoms with van der Waals surface area (Å²) in [6, 6.07) is 7.43. The smallest absolute Gasteiger partial charge is 0.329 e. The lowest BCUT2D eigenvalue weighted by molar-refractivity contribution is 0.278. The number of nitrogens with one attached hydrogen (secondary N) is 2. The third kappa shape index (κ3) is 3.96. The zero-order chi connectivity index (χ0) is 20.1. The molecule has 10 nitrogen and oxygen atoms in total. The predicted molar refractivity (Wildman–Crippen MR) is 106 cm³/mol. The van der Waals surface area contributed by atoms with Gasteiger partial charge in [-0.15, -0.1) is 0 Å². The van der Waals surface area contributed by atoms with Crippen LogP contribution in [0.4, 0.5) is 5.95 Å². The lowest BCUT2D eigenvalue weighted by atomic mass is 10.2. The molecule has 1 aromatic carbocycles. The van der Waals surface area contributed by atoms with Crippen molar-refractivity contribution in [3.05, 3.63) is 50.7 Å². The number of aromatic nitrogens is 4.